The molecule has 1 atom stereocenters. The number of aromatic nitrogens is 2. The molecule has 0 aliphatic rings. The highest BCUT2D eigenvalue weighted by molar-refractivity contribution is 5.20. The maximum Gasteiger partial charge on any atom is 0.255 e. The van der Waals surface area contributed by atoms with Gasteiger partial charge in [-0.15, -0.1) is 0 Å². The Morgan fingerprint density at radius 2 is 1.95 bits per heavy atom. The van der Waals surface area contributed by atoms with Crippen molar-refractivity contribution in [2.45, 2.75) is 59.1 Å². The zero-order valence-electron chi connectivity index (χ0n) is 12.5. The molecule has 3 N–H and O–H groups in total. The van der Waals surface area contributed by atoms with Gasteiger partial charge in [0.05, 0.1) is 11.2 Å². The molecule has 0 aliphatic carbocycles. The Morgan fingerprint density at radius 1 is 1.37 bits per heavy atom. The van der Waals surface area contributed by atoms with Gasteiger partial charge in [-0.3, -0.25) is 4.79 Å². The summed E-state index contributed by atoms with van der Waals surface area (Å²) in [6.45, 7) is 9.90. The summed E-state index contributed by atoms with van der Waals surface area (Å²) in [5.41, 5.74) is 0.548. The monoisotopic (exact) mass is 267 g/mol. The zero-order chi connectivity index (χ0) is 14.6. The van der Waals surface area contributed by atoms with Gasteiger partial charge in [-0.2, -0.15) is 0 Å². The first-order valence-corrected chi connectivity index (χ1v) is 6.86. The molecule has 0 amide bonds. The molecule has 0 saturated carbocycles. The van der Waals surface area contributed by atoms with Crippen molar-refractivity contribution in [3.63, 3.8) is 0 Å². The van der Waals surface area contributed by atoms with Crippen LogP contribution in [0.4, 0.5) is 0 Å². The zero-order valence-corrected chi connectivity index (χ0v) is 12.5. The van der Waals surface area contributed by atoms with Crippen LogP contribution in [0.5, 0.6) is 0 Å². The third kappa shape index (κ3) is 3.88. The molecule has 1 rings (SSSR count). The molecule has 0 fully saturated rings. The molecule has 1 aromatic heterocycles. The fourth-order valence-corrected chi connectivity index (χ4v) is 2.19. The van der Waals surface area contributed by atoms with Crippen LogP contribution in [-0.2, 0) is 0 Å². The van der Waals surface area contributed by atoms with Crippen LogP contribution in [0, 0.1) is 13.8 Å². The van der Waals surface area contributed by atoms with E-state index in [-0.39, 0.29) is 11.6 Å². The van der Waals surface area contributed by atoms with Crippen molar-refractivity contribution in [3.05, 3.63) is 27.4 Å². The topological polar surface area (TPSA) is 78.0 Å². The second-order valence-corrected chi connectivity index (χ2v) is 5.18. The Balaban J connectivity index is 2.85. The van der Waals surface area contributed by atoms with Gasteiger partial charge < -0.3 is 15.4 Å². The first-order valence-electron chi connectivity index (χ1n) is 6.86. The van der Waals surface area contributed by atoms with Crippen molar-refractivity contribution in [2.75, 3.05) is 6.54 Å². The second kappa shape index (κ2) is 6.30. The lowest BCUT2D eigenvalue weighted by Gasteiger charge is -2.27. The van der Waals surface area contributed by atoms with E-state index >= 15 is 0 Å². The van der Waals surface area contributed by atoms with Crippen molar-refractivity contribution in [1.82, 2.24) is 15.3 Å². The van der Waals surface area contributed by atoms with E-state index < -0.39 is 5.60 Å². The Morgan fingerprint density at radius 3 is 2.42 bits per heavy atom. The highest BCUT2D eigenvalue weighted by Crippen LogP contribution is 2.16. The number of aliphatic hydroxyl groups is 1. The van der Waals surface area contributed by atoms with E-state index in [1.807, 2.05) is 27.7 Å². The maximum absolute atomic E-state index is 12.0. The standard InChI is InChI=1S/C14H25N3O2/c1-6-14(19,7-2)8-15-9(3)12-10(4)16-11(5)17-13(12)18/h9,15,19H,6-8H2,1-5H3,(H,16,17,18). The Kier molecular flexibility index (Phi) is 5.26. The summed E-state index contributed by atoms with van der Waals surface area (Å²) in [6.07, 6.45) is 1.37. The van der Waals surface area contributed by atoms with Crippen molar-refractivity contribution < 1.29 is 5.11 Å². The smallest absolute Gasteiger partial charge is 0.255 e. The van der Waals surface area contributed by atoms with E-state index in [1.165, 1.54) is 0 Å². The lowest BCUT2D eigenvalue weighted by Crippen LogP contribution is -2.41. The molecule has 108 valence electrons. The Labute approximate surface area is 114 Å². The SMILES string of the molecule is CCC(O)(CC)CNC(C)c1c(C)nc(C)[nH]c1=O. The number of nitrogens with one attached hydrogen (secondary N) is 2. The van der Waals surface area contributed by atoms with E-state index in [0.29, 0.717) is 30.8 Å². The number of aryl methyl sites for hydroxylation is 2. The predicted octanol–water partition coefficient (Wildman–Crippen LogP) is 1.59. The van der Waals surface area contributed by atoms with E-state index in [2.05, 4.69) is 15.3 Å². The van der Waals surface area contributed by atoms with E-state index in [4.69, 9.17) is 0 Å². The van der Waals surface area contributed by atoms with Crippen molar-refractivity contribution in [3.8, 4) is 0 Å². The van der Waals surface area contributed by atoms with E-state index in [1.54, 1.807) is 6.92 Å². The predicted molar refractivity (Wildman–Crippen MR) is 76.3 cm³/mol. The van der Waals surface area contributed by atoms with Crippen LogP contribution in [0.2, 0.25) is 0 Å². The highest BCUT2D eigenvalue weighted by Gasteiger charge is 2.24. The molecular weight excluding hydrogens is 242 g/mol. The summed E-state index contributed by atoms with van der Waals surface area (Å²) >= 11 is 0. The number of rotatable bonds is 6. The minimum Gasteiger partial charge on any atom is -0.389 e. The Bertz CT molecular complexity index is 478. The van der Waals surface area contributed by atoms with E-state index in [0.717, 1.165) is 5.69 Å². The Hall–Kier alpha value is -1.20. The lowest BCUT2D eigenvalue weighted by molar-refractivity contribution is 0.0302. The van der Waals surface area contributed by atoms with Gasteiger partial charge in [0.2, 0.25) is 0 Å². The summed E-state index contributed by atoms with van der Waals surface area (Å²) in [6, 6.07) is -0.138. The number of nitrogens with zero attached hydrogens (tertiary/aromatic N) is 1. The van der Waals surface area contributed by atoms with Crippen molar-refractivity contribution in [2.24, 2.45) is 0 Å². The third-order valence-corrected chi connectivity index (χ3v) is 3.75. The average molecular weight is 267 g/mol. The second-order valence-electron chi connectivity index (χ2n) is 5.18. The van der Waals surface area contributed by atoms with Gasteiger partial charge in [0.25, 0.3) is 5.56 Å². The molecule has 1 unspecified atom stereocenters. The van der Waals surface area contributed by atoms with Crippen molar-refractivity contribution >= 4 is 0 Å². The van der Waals surface area contributed by atoms with Crippen LogP contribution in [0.1, 0.15) is 56.7 Å². The molecule has 0 bridgehead atoms. The van der Waals surface area contributed by atoms with Gasteiger partial charge in [0.1, 0.15) is 5.82 Å². The highest BCUT2D eigenvalue weighted by atomic mass is 16.3. The minimum atomic E-state index is -0.715. The van der Waals surface area contributed by atoms with Gasteiger partial charge in [-0.25, -0.2) is 4.98 Å². The molecule has 0 saturated heterocycles. The molecular formula is C14H25N3O2. The van der Waals surface area contributed by atoms with Crippen LogP contribution < -0.4 is 10.9 Å². The molecule has 5 nitrogen and oxygen atoms in total. The largest absolute Gasteiger partial charge is 0.389 e. The first-order chi connectivity index (χ1) is 8.83. The van der Waals surface area contributed by atoms with Crippen LogP contribution in [-0.4, -0.2) is 27.2 Å². The molecule has 0 radical (unpaired) electrons. The van der Waals surface area contributed by atoms with E-state index in [9.17, 15) is 9.90 Å². The third-order valence-electron chi connectivity index (χ3n) is 3.75. The van der Waals surface area contributed by atoms with Gasteiger partial charge in [-0.05, 0) is 33.6 Å². The van der Waals surface area contributed by atoms with Gasteiger partial charge in [-0.1, -0.05) is 13.8 Å². The molecule has 1 aromatic rings. The first kappa shape index (κ1) is 15.9. The van der Waals surface area contributed by atoms with Gasteiger partial charge in [0.15, 0.2) is 0 Å². The number of hydrogen-bond acceptors (Lipinski definition) is 4. The van der Waals surface area contributed by atoms with Gasteiger partial charge in [0, 0.05) is 18.3 Å². The number of H-pyrrole nitrogens is 1. The summed E-state index contributed by atoms with van der Waals surface area (Å²) in [5, 5.41) is 13.5. The molecule has 5 heteroatoms. The fraction of sp³-hybridized carbons (Fsp3) is 0.714. The number of aromatic amines is 1. The quantitative estimate of drug-likeness (QED) is 0.731. The minimum absolute atomic E-state index is 0.110. The molecule has 0 spiro atoms. The normalized spacial score (nSPS) is 13.6. The summed E-state index contributed by atoms with van der Waals surface area (Å²) in [7, 11) is 0. The van der Waals surface area contributed by atoms with Gasteiger partial charge >= 0.3 is 0 Å². The van der Waals surface area contributed by atoms with Crippen LogP contribution >= 0.6 is 0 Å². The summed E-state index contributed by atoms with van der Waals surface area (Å²) in [4.78, 5) is 19.0. The molecule has 0 aromatic carbocycles. The molecule has 19 heavy (non-hydrogen) atoms. The van der Waals surface area contributed by atoms with Crippen LogP contribution in [0.25, 0.3) is 0 Å². The molecule has 0 aliphatic heterocycles. The average Bonchev–Trinajstić information content (AvgIpc) is 2.34. The number of hydrogen-bond donors (Lipinski definition) is 3. The molecule has 1 heterocycles. The fourth-order valence-electron chi connectivity index (χ4n) is 2.19. The lowest BCUT2D eigenvalue weighted by atomic mass is 9.96. The van der Waals surface area contributed by atoms with Crippen LogP contribution in [0.15, 0.2) is 4.79 Å². The van der Waals surface area contributed by atoms with Crippen molar-refractivity contribution in [1.29, 1.82) is 0 Å². The van der Waals surface area contributed by atoms with Crippen LogP contribution in [0.3, 0.4) is 0 Å². The maximum atomic E-state index is 12.0. The summed E-state index contributed by atoms with van der Waals surface area (Å²) in [5.74, 6) is 0.622. The summed E-state index contributed by atoms with van der Waals surface area (Å²) < 4.78 is 0.